The molecule has 0 saturated heterocycles. The van der Waals surface area contributed by atoms with Crippen molar-refractivity contribution in [1.82, 2.24) is 4.98 Å². The zero-order valence-electron chi connectivity index (χ0n) is 7.73. The molecule has 0 spiro atoms. The molecule has 0 saturated carbocycles. The van der Waals surface area contributed by atoms with Crippen molar-refractivity contribution in [1.29, 1.82) is 0 Å². The van der Waals surface area contributed by atoms with Gasteiger partial charge in [-0.05, 0) is 18.6 Å². The van der Waals surface area contributed by atoms with Gasteiger partial charge >= 0.3 is 0 Å². The second-order valence-corrected chi connectivity index (χ2v) is 5.05. The summed E-state index contributed by atoms with van der Waals surface area (Å²) >= 11 is 3.26. The topological polar surface area (TPSA) is 38.9 Å². The molecule has 0 amide bonds. The molecule has 0 radical (unpaired) electrons. The second-order valence-electron chi connectivity index (χ2n) is 2.89. The SMILES string of the molecule is Cc1cccc(N)c1Sc1nccs1. The summed E-state index contributed by atoms with van der Waals surface area (Å²) in [5.41, 5.74) is 7.92. The van der Waals surface area contributed by atoms with E-state index in [-0.39, 0.29) is 0 Å². The Hall–Kier alpha value is -1.00. The highest BCUT2D eigenvalue weighted by Crippen LogP contribution is 2.35. The van der Waals surface area contributed by atoms with Gasteiger partial charge < -0.3 is 5.73 Å². The molecule has 72 valence electrons. The monoisotopic (exact) mass is 222 g/mol. The number of anilines is 1. The highest BCUT2D eigenvalue weighted by molar-refractivity contribution is 8.01. The largest absolute Gasteiger partial charge is 0.398 e. The van der Waals surface area contributed by atoms with Crippen LogP contribution in [0.15, 0.2) is 39.0 Å². The molecule has 1 aromatic carbocycles. The first-order chi connectivity index (χ1) is 6.77. The summed E-state index contributed by atoms with van der Waals surface area (Å²) < 4.78 is 1.03. The number of rotatable bonds is 2. The summed E-state index contributed by atoms with van der Waals surface area (Å²) in [6.45, 7) is 2.06. The van der Waals surface area contributed by atoms with E-state index >= 15 is 0 Å². The summed E-state index contributed by atoms with van der Waals surface area (Å²) in [4.78, 5) is 5.33. The number of hydrogen-bond donors (Lipinski definition) is 1. The Labute approximate surface area is 91.2 Å². The van der Waals surface area contributed by atoms with Crippen LogP contribution in [0.2, 0.25) is 0 Å². The molecule has 0 fully saturated rings. The molecule has 1 heterocycles. The smallest absolute Gasteiger partial charge is 0.154 e. The third-order valence-corrected chi connectivity index (χ3v) is 3.99. The van der Waals surface area contributed by atoms with Crippen molar-refractivity contribution in [2.75, 3.05) is 5.73 Å². The molecule has 2 rings (SSSR count). The molecule has 0 atom stereocenters. The number of hydrogen-bond acceptors (Lipinski definition) is 4. The van der Waals surface area contributed by atoms with Crippen molar-refractivity contribution in [3.05, 3.63) is 35.3 Å². The minimum Gasteiger partial charge on any atom is -0.398 e. The highest BCUT2D eigenvalue weighted by atomic mass is 32.2. The van der Waals surface area contributed by atoms with Crippen molar-refractivity contribution < 1.29 is 0 Å². The third kappa shape index (κ3) is 1.91. The molecule has 2 nitrogen and oxygen atoms in total. The molecule has 14 heavy (non-hydrogen) atoms. The summed E-state index contributed by atoms with van der Waals surface area (Å²) in [6, 6.07) is 5.95. The lowest BCUT2D eigenvalue weighted by Gasteiger charge is -2.05. The molecule has 1 aromatic heterocycles. The van der Waals surface area contributed by atoms with Gasteiger partial charge in [0.1, 0.15) is 0 Å². The maximum Gasteiger partial charge on any atom is 0.154 e. The van der Waals surface area contributed by atoms with Crippen LogP contribution in [0.1, 0.15) is 5.56 Å². The van der Waals surface area contributed by atoms with Gasteiger partial charge in [-0.3, -0.25) is 0 Å². The summed E-state index contributed by atoms with van der Waals surface area (Å²) in [5, 5.41) is 1.97. The quantitative estimate of drug-likeness (QED) is 0.793. The highest BCUT2D eigenvalue weighted by Gasteiger charge is 2.06. The molecular formula is C10H10N2S2. The summed E-state index contributed by atoms with van der Waals surface area (Å²) in [7, 11) is 0. The lowest BCUT2D eigenvalue weighted by molar-refractivity contribution is 1.23. The van der Waals surface area contributed by atoms with Gasteiger partial charge in [-0.2, -0.15) is 0 Å². The Kier molecular flexibility index (Phi) is 2.74. The van der Waals surface area contributed by atoms with Crippen LogP contribution in [0.3, 0.4) is 0 Å². The molecular weight excluding hydrogens is 212 g/mol. The lowest BCUT2D eigenvalue weighted by Crippen LogP contribution is -1.90. The van der Waals surface area contributed by atoms with Crippen molar-refractivity contribution in [2.24, 2.45) is 0 Å². The van der Waals surface area contributed by atoms with Crippen LogP contribution < -0.4 is 5.73 Å². The number of benzene rings is 1. The molecule has 0 unspecified atom stereocenters. The Morgan fingerprint density at radius 1 is 1.43 bits per heavy atom. The predicted molar refractivity (Wildman–Crippen MR) is 61.8 cm³/mol. The first-order valence-corrected chi connectivity index (χ1v) is 5.89. The number of nitrogen functional groups attached to an aromatic ring is 1. The van der Waals surface area contributed by atoms with E-state index in [1.54, 1.807) is 23.1 Å². The Bertz CT molecular complexity index is 403. The van der Waals surface area contributed by atoms with Crippen LogP contribution >= 0.6 is 23.1 Å². The van der Waals surface area contributed by atoms with Gasteiger partial charge in [0.25, 0.3) is 0 Å². The number of nitrogens with zero attached hydrogens (tertiary/aromatic N) is 1. The fraction of sp³-hybridized carbons (Fsp3) is 0.100. The van der Waals surface area contributed by atoms with Crippen molar-refractivity contribution in [3.63, 3.8) is 0 Å². The van der Waals surface area contributed by atoms with Crippen molar-refractivity contribution in [2.45, 2.75) is 16.2 Å². The maximum absolute atomic E-state index is 5.89. The normalized spacial score (nSPS) is 10.4. The molecule has 0 bridgehead atoms. The minimum absolute atomic E-state index is 0.824. The van der Waals surface area contributed by atoms with Crippen LogP contribution in [-0.4, -0.2) is 4.98 Å². The fourth-order valence-corrected chi connectivity index (χ4v) is 2.83. The number of nitrogens with two attached hydrogens (primary N) is 1. The Morgan fingerprint density at radius 3 is 2.93 bits per heavy atom. The van der Waals surface area contributed by atoms with E-state index in [0.717, 1.165) is 14.9 Å². The van der Waals surface area contributed by atoms with E-state index in [2.05, 4.69) is 18.0 Å². The van der Waals surface area contributed by atoms with E-state index in [0.29, 0.717) is 0 Å². The van der Waals surface area contributed by atoms with Crippen LogP contribution in [0, 0.1) is 6.92 Å². The van der Waals surface area contributed by atoms with Crippen LogP contribution in [0.5, 0.6) is 0 Å². The van der Waals surface area contributed by atoms with Crippen molar-refractivity contribution in [3.8, 4) is 0 Å². The fourth-order valence-electron chi connectivity index (χ4n) is 1.16. The van der Waals surface area contributed by atoms with Crippen LogP contribution in [-0.2, 0) is 0 Å². The molecule has 4 heteroatoms. The first kappa shape index (κ1) is 9.55. The van der Waals surface area contributed by atoms with Gasteiger partial charge in [-0.1, -0.05) is 23.9 Å². The van der Waals surface area contributed by atoms with Crippen molar-refractivity contribution >= 4 is 28.8 Å². The van der Waals surface area contributed by atoms with E-state index in [1.165, 1.54) is 5.56 Å². The van der Waals surface area contributed by atoms with Gasteiger partial charge in [-0.15, -0.1) is 11.3 Å². The number of thiazole rings is 1. The zero-order valence-corrected chi connectivity index (χ0v) is 9.36. The van der Waals surface area contributed by atoms with Crippen LogP contribution in [0.25, 0.3) is 0 Å². The van der Waals surface area contributed by atoms with Gasteiger partial charge in [0.15, 0.2) is 4.34 Å². The summed E-state index contributed by atoms with van der Waals surface area (Å²) in [5.74, 6) is 0. The molecule has 0 aliphatic heterocycles. The standard InChI is InChI=1S/C10H10N2S2/c1-7-3-2-4-8(11)9(7)14-10-12-5-6-13-10/h2-6H,11H2,1H3. The molecule has 2 aromatic rings. The average molecular weight is 222 g/mol. The zero-order chi connectivity index (χ0) is 9.97. The predicted octanol–water partition coefficient (Wildman–Crippen LogP) is 3.18. The first-order valence-electron chi connectivity index (χ1n) is 4.20. The van der Waals surface area contributed by atoms with E-state index in [9.17, 15) is 0 Å². The van der Waals surface area contributed by atoms with Gasteiger partial charge in [0.05, 0.1) is 0 Å². The third-order valence-electron chi connectivity index (χ3n) is 1.84. The second kappa shape index (κ2) is 4.02. The van der Waals surface area contributed by atoms with Crippen LogP contribution in [0.4, 0.5) is 5.69 Å². The molecule has 2 N–H and O–H groups in total. The maximum atomic E-state index is 5.89. The van der Waals surface area contributed by atoms with Gasteiger partial charge in [-0.25, -0.2) is 4.98 Å². The molecule has 0 aliphatic carbocycles. The van der Waals surface area contributed by atoms with E-state index in [1.807, 2.05) is 23.7 Å². The van der Waals surface area contributed by atoms with Gasteiger partial charge in [0, 0.05) is 22.2 Å². The van der Waals surface area contributed by atoms with E-state index in [4.69, 9.17) is 5.73 Å². The number of aryl methyl sites for hydroxylation is 1. The minimum atomic E-state index is 0.824. The summed E-state index contributed by atoms with van der Waals surface area (Å²) in [6.07, 6.45) is 1.81. The van der Waals surface area contributed by atoms with Gasteiger partial charge in [0.2, 0.25) is 0 Å². The van der Waals surface area contributed by atoms with E-state index < -0.39 is 0 Å². The Morgan fingerprint density at radius 2 is 2.29 bits per heavy atom. The average Bonchev–Trinajstić information content (AvgIpc) is 2.64. The Balaban J connectivity index is 2.33. The lowest BCUT2D eigenvalue weighted by atomic mass is 10.2. The number of aromatic nitrogens is 1. The molecule has 0 aliphatic rings.